The van der Waals surface area contributed by atoms with Crippen LogP contribution in [0, 0.1) is 17.3 Å². The minimum atomic E-state index is -0.176. The van der Waals surface area contributed by atoms with E-state index in [1.54, 1.807) is 24.1 Å². The van der Waals surface area contributed by atoms with Crippen LogP contribution >= 0.6 is 11.6 Å². The molecular weight excluding hydrogens is 450 g/mol. The van der Waals surface area contributed by atoms with E-state index in [4.69, 9.17) is 16.3 Å². The summed E-state index contributed by atoms with van der Waals surface area (Å²) < 4.78 is 5.52. The maximum absolute atomic E-state index is 13.2. The molecule has 2 aliphatic carbocycles. The lowest BCUT2D eigenvalue weighted by atomic mass is 9.71. The minimum absolute atomic E-state index is 0.0590. The standard InChI is InChI=1S/C27H40ClN3O3/c1-27(2,3)18-8-10-20(11-9-18)31-13-12-19(16-31)29-25(32)21-14-22(28)23(15-24(21)34-5)30(4)26(33)17-6-7-17/h14-15,17-20H,6-13,16H2,1-5H3,(H,29,32)/t18?,19-,20?/m0/s1. The maximum Gasteiger partial charge on any atom is 0.255 e. The fourth-order valence-corrected chi connectivity index (χ4v) is 5.97. The van der Waals surface area contributed by atoms with Crippen molar-refractivity contribution in [3.05, 3.63) is 22.7 Å². The van der Waals surface area contributed by atoms with Gasteiger partial charge in [-0.05, 0) is 62.3 Å². The van der Waals surface area contributed by atoms with Gasteiger partial charge in [0.2, 0.25) is 5.91 Å². The number of hydrogen-bond acceptors (Lipinski definition) is 4. The number of carbonyl (C=O) groups is 2. The molecule has 0 spiro atoms. The summed E-state index contributed by atoms with van der Waals surface area (Å²) >= 11 is 6.51. The summed E-state index contributed by atoms with van der Waals surface area (Å²) in [4.78, 5) is 29.8. The van der Waals surface area contributed by atoms with E-state index in [9.17, 15) is 9.59 Å². The van der Waals surface area contributed by atoms with Crippen LogP contribution in [0.1, 0.15) is 76.1 Å². The Morgan fingerprint density at radius 1 is 1.09 bits per heavy atom. The molecular formula is C27H40ClN3O3. The lowest BCUT2D eigenvalue weighted by molar-refractivity contribution is -0.119. The van der Waals surface area contributed by atoms with E-state index < -0.39 is 0 Å². The van der Waals surface area contributed by atoms with Crippen molar-refractivity contribution in [1.82, 2.24) is 10.2 Å². The lowest BCUT2D eigenvalue weighted by Gasteiger charge is -2.40. The van der Waals surface area contributed by atoms with Crippen LogP contribution in [0.4, 0.5) is 5.69 Å². The second kappa shape index (κ2) is 10.1. The van der Waals surface area contributed by atoms with Gasteiger partial charge in [-0.2, -0.15) is 0 Å². The number of carbonyl (C=O) groups excluding carboxylic acids is 2. The number of hydrogen-bond donors (Lipinski definition) is 1. The first kappa shape index (κ1) is 25.3. The minimum Gasteiger partial charge on any atom is -0.496 e. The Bertz CT molecular complexity index is 916. The number of nitrogens with zero attached hydrogens (tertiary/aromatic N) is 2. The molecule has 1 aliphatic heterocycles. The Hall–Kier alpha value is -1.79. The van der Waals surface area contributed by atoms with Crippen LogP contribution in [0.2, 0.25) is 5.02 Å². The number of halogens is 1. The average Bonchev–Trinajstić information content (AvgIpc) is 3.56. The third-order valence-electron chi connectivity index (χ3n) is 8.12. The van der Waals surface area contributed by atoms with Crippen molar-refractivity contribution in [1.29, 1.82) is 0 Å². The maximum atomic E-state index is 13.2. The number of methoxy groups -OCH3 is 1. The van der Waals surface area contributed by atoms with Crippen molar-refractivity contribution in [3.63, 3.8) is 0 Å². The fourth-order valence-electron chi connectivity index (χ4n) is 5.68. The Balaban J connectivity index is 1.36. The predicted octanol–water partition coefficient (Wildman–Crippen LogP) is 5.13. The number of amides is 2. The van der Waals surface area contributed by atoms with E-state index in [0.29, 0.717) is 33.5 Å². The molecule has 188 valence electrons. The number of benzene rings is 1. The van der Waals surface area contributed by atoms with Gasteiger partial charge in [0.1, 0.15) is 5.75 Å². The molecule has 3 aliphatic rings. The molecule has 1 N–H and O–H groups in total. The van der Waals surface area contributed by atoms with Gasteiger partial charge in [0.05, 0.1) is 23.4 Å². The van der Waals surface area contributed by atoms with E-state index in [1.165, 1.54) is 32.8 Å². The highest BCUT2D eigenvalue weighted by atomic mass is 35.5. The highest BCUT2D eigenvalue weighted by Crippen LogP contribution is 2.40. The molecule has 1 aromatic rings. The van der Waals surface area contributed by atoms with Crippen molar-refractivity contribution < 1.29 is 14.3 Å². The van der Waals surface area contributed by atoms with E-state index in [2.05, 4.69) is 31.0 Å². The predicted molar refractivity (Wildman–Crippen MR) is 137 cm³/mol. The number of nitrogens with one attached hydrogen (secondary N) is 1. The van der Waals surface area contributed by atoms with Gasteiger partial charge in [0.15, 0.2) is 0 Å². The average molecular weight is 490 g/mol. The molecule has 4 rings (SSSR count). The highest BCUT2D eigenvalue weighted by Gasteiger charge is 2.36. The zero-order valence-electron chi connectivity index (χ0n) is 21.3. The molecule has 0 aromatic heterocycles. The summed E-state index contributed by atoms with van der Waals surface area (Å²) in [6, 6.07) is 4.08. The number of anilines is 1. The van der Waals surface area contributed by atoms with Crippen LogP contribution in [0.3, 0.4) is 0 Å². The summed E-state index contributed by atoms with van der Waals surface area (Å²) in [5.41, 5.74) is 1.38. The molecule has 7 heteroatoms. The molecule has 0 bridgehead atoms. The van der Waals surface area contributed by atoms with Gasteiger partial charge in [0, 0.05) is 44.2 Å². The van der Waals surface area contributed by atoms with Crippen LogP contribution < -0.4 is 15.0 Å². The van der Waals surface area contributed by atoms with Crippen molar-refractivity contribution in [2.75, 3.05) is 32.1 Å². The van der Waals surface area contributed by atoms with Gasteiger partial charge in [0.25, 0.3) is 5.91 Å². The monoisotopic (exact) mass is 489 g/mol. The molecule has 3 fully saturated rings. The fraction of sp³-hybridized carbons (Fsp3) is 0.704. The summed E-state index contributed by atoms with van der Waals surface area (Å²) in [5, 5.41) is 3.58. The van der Waals surface area contributed by atoms with Crippen LogP contribution in [-0.2, 0) is 4.79 Å². The largest absolute Gasteiger partial charge is 0.496 e. The lowest BCUT2D eigenvalue weighted by Crippen LogP contribution is -2.42. The zero-order chi connectivity index (χ0) is 24.6. The molecule has 0 radical (unpaired) electrons. The molecule has 6 nitrogen and oxygen atoms in total. The van der Waals surface area contributed by atoms with Gasteiger partial charge in [-0.15, -0.1) is 0 Å². The number of ether oxygens (including phenoxy) is 1. The molecule has 1 saturated heterocycles. The second-order valence-electron chi connectivity index (χ2n) is 11.5. The Labute approximate surface area is 209 Å². The van der Waals surface area contributed by atoms with E-state index >= 15 is 0 Å². The summed E-state index contributed by atoms with van der Waals surface area (Å²) in [6.45, 7) is 8.99. The molecule has 1 atom stereocenters. The van der Waals surface area contributed by atoms with Gasteiger partial charge >= 0.3 is 0 Å². The van der Waals surface area contributed by atoms with Crippen molar-refractivity contribution in [2.45, 2.75) is 77.8 Å². The third kappa shape index (κ3) is 5.54. The third-order valence-corrected chi connectivity index (χ3v) is 8.43. The Morgan fingerprint density at radius 3 is 2.35 bits per heavy atom. The SMILES string of the molecule is COc1cc(N(C)C(=O)C2CC2)c(Cl)cc1C(=O)N[C@H]1CCN(C2CCC(C(C)(C)C)CC2)C1. The molecule has 1 heterocycles. The second-order valence-corrected chi connectivity index (χ2v) is 11.9. The summed E-state index contributed by atoms with van der Waals surface area (Å²) in [6.07, 6.45) is 7.89. The van der Waals surface area contributed by atoms with E-state index in [1.807, 2.05) is 0 Å². The first-order valence-corrected chi connectivity index (χ1v) is 13.2. The molecule has 1 aromatic carbocycles. The zero-order valence-corrected chi connectivity index (χ0v) is 22.1. The molecule has 2 amide bonds. The molecule has 34 heavy (non-hydrogen) atoms. The number of rotatable bonds is 6. The first-order chi connectivity index (χ1) is 16.1. The smallest absolute Gasteiger partial charge is 0.255 e. The Morgan fingerprint density at radius 2 is 1.76 bits per heavy atom. The van der Waals surface area contributed by atoms with Crippen LogP contribution in [-0.4, -0.2) is 56.0 Å². The van der Waals surface area contributed by atoms with Crippen molar-refractivity contribution in [2.24, 2.45) is 17.3 Å². The van der Waals surface area contributed by atoms with Crippen LogP contribution in [0.5, 0.6) is 5.75 Å². The van der Waals surface area contributed by atoms with Gasteiger partial charge < -0.3 is 15.0 Å². The van der Waals surface area contributed by atoms with Crippen LogP contribution in [0.25, 0.3) is 0 Å². The van der Waals surface area contributed by atoms with Crippen LogP contribution in [0.15, 0.2) is 12.1 Å². The Kier molecular flexibility index (Phi) is 7.49. The van der Waals surface area contributed by atoms with E-state index in [-0.39, 0.29) is 23.8 Å². The number of likely N-dealkylation sites (tertiary alicyclic amines) is 1. The van der Waals surface area contributed by atoms with Gasteiger partial charge in [-0.3, -0.25) is 14.5 Å². The molecule has 0 unspecified atom stereocenters. The van der Waals surface area contributed by atoms with Gasteiger partial charge in [-0.1, -0.05) is 32.4 Å². The van der Waals surface area contributed by atoms with E-state index in [0.717, 1.165) is 38.3 Å². The normalized spacial score (nSPS) is 25.8. The van der Waals surface area contributed by atoms with Crippen molar-refractivity contribution >= 4 is 29.1 Å². The highest BCUT2D eigenvalue weighted by molar-refractivity contribution is 6.34. The van der Waals surface area contributed by atoms with Crippen molar-refractivity contribution in [3.8, 4) is 5.75 Å². The topological polar surface area (TPSA) is 61.9 Å². The first-order valence-electron chi connectivity index (χ1n) is 12.8. The molecule has 2 saturated carbocycles. The summed E-state index contributed by atoms with van der Waals surface area (Å²) in [5.74, 6) is 1.21. The summed E-state index contributed by atoms with van der Waals surface area (Å²) in [7, 11) is 3.26. The quantitative estimate of drug-likeness (QED) is 0.601. The van der Waals surface area contributed by atoms with Gasteiger partial charge in [-0.25, -0.2) is 0 Å².